The molecule has 3 aromatic rings. The van der Waals surface area contributed by atoms with Gasteiger partial charge in [-0.15, -0.1) is 0 Å². The van der Waals surface area contributed by atoms with Gasteiger partial charge in [0, 0.05) is 23.5 Å². The molecule has 0 aliphatic carbocycles. The lowest BCUT2D eigenvalue weighted by atomic mass is 10.0. The number of halogens is 5. The van der Waals surface area contributed by atoms with Crippen molar-refractivity contribution in [3.63, 3.8) is 0 Å². The molecule has 198 valence electrons. The van der Waals surface area contributed by atoms with Crippen molar-refractivity contribution in [2.75, 3.05) is 5.73 Å². The molecule has 1 aromatic heterocycles. The molecule has 0 saturated heterocycles. The molecule has 0 unspecified atom stereocenters. The van der Waals surface area contributed by atoms with E-state index < -0.39 is 23.4 Å². The van der Waals surface area contributed by atoms with Gasteiger partial charge in [-0.05, 0) is 42.3 Å². The number of nitrogens with one attached hydrogen (secondary N) is 1. The zero-order valence-electron chi connectivity index (χ0n) is 21.1. The molecule has 3 rings (SSSR count). The molecule has 1 heterocycles. The minimum absolute atomic E-state index is 0.0552. The van der Waals surface area contributed by atoms with Gasteiger partial charge in [-0.25, -0.2) is 13.8 Å². The van der Waals surface area contributed by atoms with E-state index in [0.29, 0.717) is 5.56 Å². The van der Waals surface area contributed by atoms with E-state index in [4.69, 9.17) is 5.73 Å². The molecule has 3 N–H and O–H groups in total. The molecular formula is C28H31F5N4. The Hall–Kier alpha value is -3.75. The predicted octanol–water partition coefficient (Wildman–Crippen LogP) is 7.67. The highest BCUT2D eigenvalue weighted by molar-refractivity contribution is 6.06. The summed E-state index contributed by atoms with van der Waals surface area (Å²) in [5.74, 6) is -1.44. The van der Waals surface area contributed by atoms with E-state index in [0.717, 1.165) is 18.2 Å². The number of nitrogens with two attached hydrogens (primary N) is 1. The van der Waals surface area contributed by atoms with E-state index >= 15 is 0 Å². The first-order valence-corrected chi connectivity index (χ1v) is 11.8. The summed E-state index contributed by atoms with van der Waals surface area (Å²) in [6.45, 7) is 9.34. The van der Waals surface area contributed by atoms with E-state index in [1.807, 2.05) is 0 Å². The van der Waals surface area contributed by atoms with Crippen LogP contribution in [0.1, 0.15) is 60.9 Å². The number of amidine groups is 1. The molecule has 0 atom stereocenters. The highest BCUT2D eigenvalue weighted by Gasteiger charge is 2.32. The van der Waals surface area contributed by atoms with Crippen molar-refractivity contribution in [1.29, 1.82) is 0 Å². The summed E-state index contributed by atoms with van der Waals surface area (Å²) in [5.41, 5.74) is 5.73. The lowest BCUT2D eigenvalue weighted by Crippen LogP contribution is -2.25. The Labute approximate surface area is 214 Å². The number of aromatic nitrogens is 1. The van der Waals surface area contributed by atoms with Crippen molar-refractivity contribution < 1.29 is 22.0 Å². The molecule has 9 heteroatoms. The molecule has 0 aliphatic rings. The van der Waals surface area contributed by atoms with Gasteiger partial charge >= 0.3 is 6.18 Å². The SMILES string of the molecule is C=C(NC(=NCc1ccccc1C(F)(F)F)c1cccnc1N)c1cc(F)cc(F)c1C.CCCCC. The van der Waals surface area contributed by atoms with Gasteiger partial charge in [0.25, 0.3) is 0 Å². The third-order valence-electron chi connectivity index (χ3n) is 5.43. The van der Waals surface area contributed by atoms with E-state index in [9.17, 15) is 22.0 Å². The number of nitrogen functional groups attached to an aromatic ring is 1. The van der Waals surface area contributed by atoms with Crippen LogP contribution in [0.25, 0.3) is 5.70 Å². The lowest BCUT2D eigenvalue weighted by molar-refractivity contribution is -0.138. The van der Waals surface area contributed by atoms with Crippen molar-refractivity contribution >= 4 is 17.4 Å². The number of aliphatic imine (C=N–C) groups is 1. The Balaban J connectivity index is 0.000000877. The topological polar surface area (TPSA) is 63.3 Å². The number of hydrogen-bond acceptors (Lipinski definition) is 3. The largest absolute Gasteiger partial charge is 0.416 e. The number of rotatable bonds is 7. The number of benzene rings is 2. The maximum absolute atomic E-state index is 14.0. The van der Waals surface area contributed by atoms with Gasteiger partial charge < -0.3 is 11.1 Å². The van der Waals surface area contributed by atoms with Crippen LogP contribution in [-0.4, -0.2) is 10.8 Å². The van der Waals surface area contributed by atoms with Gasteiger partial charge in [0.15, 0.2) is 0 Å². The first-order chi connectivity index (χ1) is 17.5. The van der Waals surface area contributed by atoms with Crippen molar-refractivity contribution in [3.8, 4) is 0 Å². The lowest BCUT2D eigenvalue weighted by Gasteiger charge is -2.17. The van der Waals surface area contributed by atoms with Gasteiger partial charge in [0.05, 0.1) is 17.7 Å². The fraction of sp³-hybridized carbons (Fsp3) is 0.286. The average molecular weight is 519 g/mol. The number of pyridine rings is 1. The monoisotopic (exact) mass is 518 g/mol. The Morgan fingerprint density at radius 2 is 1.70 bits per heavy atom. The summed E-state index contributed by atoms with van der Waals surface area (Å²) in [6, 6.07) is 10.0. The molecule has 0 aliphatic heterocycles. The van der Waals surface area contributed by atoms with Crippen molar-refractivity contribution in [3.05, 3.63) is 101 Å². The van der Waals surface area contributed by atoms with Crippen LogP contribution in [0.4, 0.5) is 27.8 Å². The van der Waals surface area contributed by atoms with Gasteiger partial charge in [-0.1, -0.05) is 57.9 Å². The molecule has 0 amide bonds. The Bertz CT molecular complexity index is 1230. The first kappa shape index (κ1) is 29.5. The van der Waals surface area contributed by atoms with Crippen LogP contribution in [0, 0.1) is 18.6 Å². The maximum Gasteiger partial charge on any atom is 0.416 e. The van der Waals surface area contributed by atoms with E-state index in [1.54, 1.807) is 12.1 Å². The van der Waals surface area contributed by atoms with Crippen LogP contribution in [-0.2, 0) is 12.7 Å². The van der Waals surface area contributed by atoms with Gasteiger partial charge in [0.1, 0.15) is 23.3 Å². The normalized spacial score (nSPS) is 11.5. The zero-order valence-corrected chi connectivity index (χ0v) is 21.1. The minimum atomic E-state index is -4.55. The summed E-state index contributed by atoms with van der Waals surface area (Å²) in [5, 5.41) is 2.84. The average Bonchev–Trinajstić information content (AvgIpc) is 2.85. The van der Waals surface area contributed by atoms with Gasteiger partial charge in [-0.2, -0.15) is 13.2 Å². The van der Waals surface area contributed by atoms with Crippen molar-refractivity contribution in [2.45, 2.75) is 52.8 Å². The molecule has 0 fully saturated rings. The van der Waals surface area contributed by atoms with Crippen LogP contribution in [0.15, 0.2) is 66.3 Å². The van der Waals surface area contributed by atoms with Crippen molar-refractivity contribution in [2.24, 2.45) is 4.99 Å². The summed E-state index contributed by atoms with van der Waals surface area (Å²) < 4.78 is 67.7. The Morgan fingerprint density at radius 3 is 2.30 bits per heavy atom. The molecule has 0 saturated carbocycles. The smallest absolute Gasteiger partial charge is 0.383 e. The van der Waals surface area contributed by atoms with Crippen LogP contribution >= 0.6 is 0 Å². The van der Waals surface area contributed by atoms with Crippen LogP contribution in [0.3, 0.4) is 0 Å². The standard InChI is InChI=1S/C23H19F5N4.C5H12/c1-13-18(10-16(24)11-20(13)25)14(2)32-22(17-7-5-9-30-21(17)29)31-12-15-6-3-4-8-19(15)23(26,27)28;1-3-5-4-2/h3-11H,2,12H2,1H3,(H2,29,30)(H,31,32);3-5H2,1-2H3. The molecule has 4 nitrogen and oxygen atoms in total. The number of anilines is 1. The van der Waals surface area contributed by atoms with Crippen molar-refractivity contribution in [1.82, 2.24) is 10.3 Å². The fourth-order valence-electron chi connectivity index (χ4n) is 3.43. The molecule has 37 heavy (non-hydrogen) atoms. The van der Waals surface area contributed by atoms with E-state index in [2.05, 4.69) is 35.7 Å². The third-order valence-corrected chi connectivity index (χ3v) is 5.43. The highest BCUT2D eigenvalue weighted by Crippen LogP contribution is 2.32. The Morgan fingerprint density at radius 1 is 1.03 bits per heavy atom. The molecular weight excluding hydrogens is 487 g/mol. The minimum Gasteiger partial charge on any atom is -0.383 e. The molecule has 0 bridgehead atoms. The number of unbranched alkanes of at least 4 members (excludes halogenated alkanes) is 2. The number of nitrogens with zero attached hydrogens (tertiary/aromatic N) is 2. The third kappa shape index (κ3) is 8.41. The van der Waals surface area contributed by atoms with E-state index in [1.165, 1.54) is 50.6 Å². The number of alkyl halides is 3. The zero-order chi connectivity index (χ0) is 27.6. The number of hydrogen-bond donors (Lipinski definition) is 2. The predicted molar refractivity (Wildman–Crippen MR) is 139 cm³/mol. The summed E-state index contributed by atoms with van der Waals surface area (Å²) in [4.78, 5) is 8.24. The molecule has 2 aromatic carbocycles. The second-order valence-electron chi connectivity index (χ2n) is 8.27. The first-order valence-electron chi connectivity index (χ1n) is 11.8. The Kier molecular flexibility index (Phi) is 10.8. The summed E-state index contributed by atoms with van der Waals surface area (Å²) >= 11 is 0. The van der Waals surface area contributed by atoms with E-state index in [-0.39, 0.29) is 40.6 Å². The second-order valence-corrected chi connectivity index (χ2v) is 8.27. The fourth-order valence-corrected chi connectivity index (χ4v) is 3.43. The highest BCUT2D eigenvalue weighted by atomic mass is 19.4. The maximum atomic E-state index is 14.0. The quantitative estimate of drug-likeness (QED) is 0.192. The van der Waals surface area contributed by atoms with Crippen LogP contribution < -0.4 is 11.1 Å². The second kappa shape index (κ2) is 13.5. The summed E-state index contributed by atoms with van der Waals surface area (Å²) in [6.07, 6.45) is 0.968. The summed E-state index contributed by atoms with van der Waals surface area (Å²) in [7, 11) is 0. The molecule has 0 radical (unpaired) electrons. The van der Waals surface area contributed by atoms with Crippen LogP contribution in [0.5, 0.6) is 0 Å². The van der Waals surface area contributed by atoms with Crippen LogP contribution in [0.2, 0.25) is 0 Å². The molecule has 0 spiro atoms. The van der Waals surface area contributed by atoms with Gasteiger partial charge in [0.2, 0.25) is 0 Å². The van der Waals surface area contributed by atoms with Gasteiger partial charge in [-0.3, -0.25) is 4.99 Å².